The van der Waals surface area contributed by atoms with Gasteiger partial charge in [0, 0.05) is 32.9 Å². The molecule has 66 heavy (non-hydrogen) atoms. The number of fused-ring (bicyclic) bond motifs is 8. The number of benzene rings is 10. The third kappa shape index (κ3) is 6.12. The van der Waals surface area contributed by atoms with Gasteiger partial charge in [-0.3, -0.25) is 0 Å². The molecule has 0 saturated heterocycles. The average molecular weight is 843 g/mol. The van der Waals surface area contributed by atoms with Crippen molar-refractivity contribution in [2.75, 3.05) is 0 Å². The van der Waals surface area contributed by atoms with Gasteiger partial charge in [0.25, 0.3) is 0 Å². The number of nitrogens with zero attached hydrogens (tertiary/aromatic N) is 2. The largest absolute Gasteiger partial charge is 0.456 e. The molecule has 1 aliphatic carbocycles. The summed E-state index contributed by atoms with van der Waals surface area (Å²) in [6.07, 6.45) is 0. The normalized spacial score (nSPS) is 12.8. The van der Waals surface area contributed by atoms with E-state index in [9.17, 15) is 0 Å². The smallest absolute Gasteiger partial charge is 0.160 e. The second-order valence-electron chi connectivity index (χ2n) is 18.1. The van der Waals surface area contributed by atoms with Crippen molar-refractivity contribution in [3.05, 3.63) is 230 Å². The van der Waals surface area contributed by atoms with Crippen molar-refractivity contribution >= 4 is 43.5 Å². The van der Waals surface area contributed by atoms with E-state index < -0.39 is 0 Å². The molecule has 3 heteroatoms. The summed E-state index contributed by atoms with van der Waals surface area (Å²) in [5.74, 6) is 0.708. The minimum atomic E-state index is -0.160. The maximum absolute atomic E-state index is 6.54. The highest BCUT2D eigenvalue weighted by atomic mass is 16.3. The highest BCUT2D eigenvalue weighted by Crippen LogP contribution is 2.53. The average Bonchev–Trinajstić information content (AvgIpc) is 3.86. The van der Waals surface area contributed by atoms with Gasteiger partial charge in [0.1, 0.15) is 11.2 Å². The minimum Gasteiger partial charge on any atom is -0.456 e. The number of hydrogen-bond donors (Lipinski definition) is 0. The van der Waals surface area contributed by atoms with Crippen molar-refractivity contribution in [3.8, 4) is 78.4 Å². The molecule has 2 aromatic heterocycles. The summed E-state index contributed by atoms with van der Waals surface area (Å²) < 4.78 is 6.54. The Bertz CT molecular complexity index is 3900. The van der Waals surface area contributed by atoms with Gasteiger partial charge in [-0.15, -0.1) is 0 Å². The van der Waals surface area contributed by atoms with E-state index in [0.717, 1.165) is 88.6 Å². The van der Waals surface area contributed by atoms with Crippen molar-refractivity contribution in [2.45, 2.75) is 19.3 Å². The van der Waals surface area contributed by atoms with E-state index in [4.69, 9.17) is 14.4 Å². The molecule has 1 aliphatic rings. The quantitative estimate of drug-likeness (QED) is 0.167. The van der Waals surface area contributed by atoms with Crippen LogP contribution in [0.15, 0.2) is 223 Å². The number of aromatic nitrogens is 2. The molecule has 0 radical (unpaired) electrons. The van der Waals surface area contributed by atoms with Crippen LogP contribution in [0.2, 0.25) is 0 Å². The van der Waals surface area contributed by atoms with Gasteiger partial charge in [-0.25, -0.2) is 9.97 Å². The third-order valence-electron chi connectivity index (χ3n) is 13.9. The predicted molar refractivity (Wildman–Crippen MR) is 275 cm³/mol. The summed E-state index contributed by atoms with van der Waals surface area (Å²) in [6, 6.07) is 78.5. The van der Waals surface area contributed by atoms with Gasteiger partial charge in [0.05, 0.1) is 11.4 Å². The summed E-state index contributed by atoms with van der Waals surface area (Å²) in [4.78, 5) is 10.6. The summed E-state index contributed by atoms with van der Waals surface area (Å²) in [5, 5.41) is 7.06. The maximum Gasteiger partial charge on any atom is 0.160 e. The molecule has 13 rings (SSSR count). The first-order chi connectivity index (χ1) is 32.4. The van der Waals surface area contributed by atoms with Crippen molar-refractivity contribution in [1.29, 1.82) is 0 Å². The van der Waals surface area contributed by atoms with Crippen LogP contribution in [0.5, 0.6) is 0 Å². The molecule has 0 amide bonds. The fourth-order valence-electron chi connectivity index (χ4n) is 10.5. The van der Waals surface area contributed by atoms with E-state index in [1.165, 1.54) is 38.6 Å². The maximum atomic E-state index is 6.54. The molecule has 2 heterocycles. The third-order valence-corrected chi connectivity index (χ3v) is 13.9. The number of furan rings is 1. The van der Waals surface area contributed by atoms with Gasteiger partial charge in [-0.05, 0) is 126 Å². The van der Waals surface area contributed by atoms with E-state index in [1.807, 2.05) is 12.1 Å². The molecular formula is C63H42N2O. The van der Waals surface area contributed by atoms with Crippen molar-refractivity contribution < 1.29 is 4.42 Å². The molecule has 0 bridgehead atoms. The number of rotatable bonds is 6. The molecule has 0 fully saturated rings. The second kappa shape index (κ2) is 14.8. The first kappa shape index (κ1) is 38.1. The first-order valence-electron chi connectivity index (χ1n) is 22.7. The molecule has 0 N–H and O–H groups in total. The summed E-state index contributed by atoms with van der Waals surface area (Å²) in [6.45, 7) is 4.69. The van der Waals surface area contributed by atoms with E-state index in [1.54, 1.807) is 0 Å². The molecule has 3 nitrogen and oxygen atoms in total. The Hall–Kier alpha value is -8.40. The van der Waals surface area contributed by atoms with Crippen LogP contribution in [0.3, 0.4) is 0 Å². The zero-order valence-corrected chi connectivity index (χ0v) is 36.6. The van der Waals surface area contributed by atoms with Crippen molar-refractivity contribution in [1.82, 2.24) is 9.97 Å². The van der Waals surface area contributed by atoms with Gasteiger partial charge < -0.3 is 4.42 Å². The fraction of sp³-hybridized carbons (Fsp3) is 0.0476. The Balaban J connectivity index is 0.938. The Kier molecular flexibility index (Phi) is 8.56. The van der Waals surface area contributed by atoms with Crippen LogP contribution >= 0.6 is 0 Å². The van der Waals surface area contributed by atoms with Crippen LogP contribution in [-0.4, -0.2) is 9.97 Å². The molecule has 0 aliphatic heterocycles. The summed E-state index contributed by atoms with van der Waals surface area (Å²) in [7, 11) is 0. The van der Waals surface area contributed by atoms with E-state index in [-0.39, 0.29) is 5.41 Å². The highest BCUT2D eigenvalue weighted by molar-refractivity contribution is 6.15. The molecule has 0 spiro atoms. The molecule has 0 saturated carbocycles. The zero-order chi connectivity index (χ0) is 43.9. The van der Waals surface area contributed by atoms with Crippen LogP contribution in [-0.2, 0) is 5.41 Å². The lowest BCUT2D eigenvalue weighted by atomic mass is 9.81. The molecule has 310 valence electrons. The highest BCUT2D eigenvalue weighted by Gasteiger charge is 2.37. The predicted octanol–water partition coefficient (Wildman–Crippen LogP) is 17.0. The molecule has 10 aromatic carbocycles. The Labute approximate surface area is 383 Å². The van der Waals surface area contributed by atoms with Crippen LogP contribution in [0.25, 0.3) is 122 Å². The van der Waals surface area contributed by atoms with Gasteiger partial charge in [0.15, 0.2) is 5.82 Å². The van der Waals surface area contributed by atoms with Crippen molar-refractivity contribution in [2.24, 2.45) is 0 Å². The molecule has 0 atom stereocenters. The minimum absolute atomic E-state index is 0.160. The second-order valence-corrected chi connectivity index (χ2v) is 18.1. The lowest BCUT2D eigenvalue weighted by Crippen LogP contribution is -2.14. The van der Waals surface area contributed by atoms with Gasteiger partial charge in [-0.1, -0.05) is 184 Å². The van der Waals surface area contributed by atoms with Gasteiger partial charge >= 0.3 is 0 Å². The SMILES string of the molecule is CC1(C)c2cc3ccccc3cc2-c2c(-c3cc(-c4ccc5cc(-c6ccccc6-c6cc(-c7ccccc7)cc7oc8ccccc8c67)ccc5c4)nc(-c4ccccc4)n3)cccc21. The van der Waals surface area contributed by atoms with E-state index in [2.05, 4.69) is 220 Å². The Morgan fingerprint density at radius 1 is 0.348 bits per heavy atom. The van der Waals surface area contributed by atoms with Crippen LogP contribution in [0.4, 0.5) is 0 Å². The Morgan fingerprint density at radius 2 is 0.970 bits per heavy atom. The zero-order valence-electron chi connectivity index (χ0n) is 36.6. The first-order valence-corrected chi connectivity index (χ1v) is 22.7. The summed E-state index contributed by atoms with van der Waals surface area (Å²) >= 11 is 0. The Morgan fingerprint density at radius 3 is 1.77 bits per heavy atom. The van der Waals surface area contributed by atoms with E-state index >= 15 is 0 Å². The van der Waals surface area contributed by atoms with Gasteiger partial charge in [0.2, 0.25) is 0 Å². The van der Waals surface area contributed by atoms with E-state index in [0.29, 0.717) is 5.82 Å². The van der Waals surface area contributed by atoms with Crippen molar-refractivity contribution in [3.63, 3.8) is 0 Å². The molecule has 0 unspecified atom stereocenters. The molecular weight excluding hydrogens is 801 g/mol. The topological polar surface area (TPSA) is 38.9 Å². The number of para-hydroxylation sites is 1. The number of hydrogen-bond acceptors (Lipinski definition) is 3. The van der Waals surface area contributed by atoms with Crippen LogP contribution < -0.4 is 0 Å². The monoisotopic (exact) mass is 842 g/mol. The van der Waals surface area contributed by atoms with Gasteiger partial charge in [-0.2, -0.15) is 0 Å². The fourth-order valence-corrected chi connectivity index (χ4v) is 10.5. The lowest BCUT2D eigenvalue weighted by molar-refractivity contribution is 0.661. The lowest BCUT2D eigenvalue weighted by Gasteiger charge is -2.22. The van der Waals surface area contributed by atoms with Crippen LogP contribution in [0, 0.1) is 0 Å². The summed E-state index contributed by atoms with van der Waals surface area (Å²) in [5.41, 5.74) is 18.7. The standard InChI is InChI=1S/C63H42N2O/c1-63(2)54-26-15-25-50(60(54)53-34-41-20-9-10-21-42(41)36-55(53)63)57-38-56(64-62(65-57)40-18-7-4-8-19-40)46-31-29-43-32-45(30-28-44(43)33-46)48-22-11-12-23-49(48)52-35-47(39-16-5-3-6-17-39)37-59-61(52)51-24-13-14-27-58(51)66-59/h3-38H,1-2H3. The molecule has 12 aromatic rings. The van der Waals surface area contributed by atoms with Crippen LogP contribution in [0.1, 0.15) is 25.0 Å².